The van der Waals surface area contributed by atoms with E-state index in [1.54, 1.807) is 12.4 Å². The van der Waals surface area contributed by atoms with Gasteiger partial charge in [-0.1, -0.05) is 18.7 Å². The molecule has 0 saturated heterocycles. The number of hydrogen-bond donors (Lipinski definition) is 1. The number of pyridine rings is 1. The van der Waals surface area contributed by atoms with Gasteiger partial charge in [0.15, 0.2) is 11.0 Å². The van der Waals surface area contributed by atoms with Gasteiger partial charge >= 0.3 is 0 Å². The minimum absolute atomic E-state index is 0.0550. The van der Waals surface area contributed by atoms with Crippen LogP contribution in [0.5, 0.6) is 0 Å². The molecule has 1 amide bonds. The number of carbonyl (C=O) groups excluding carboxylic acids is 1. The maximum absolute atomic E-state index is 12.4. The number of nitro groups is 1. The number of nitrogens with zero attached hydrogens (tertiary/aromatic N) is 5. The van der Waals surface area contributed by atoms with Gasteiger partial charge in [0.25, 0.3) is 5.69 Å². The zero-order chi connectivity index (χ0) is 20.8. The summed E-state index contributed by atoms with van der Waals surface area (Å²) in [5, 5.41) is 22.7. The average Bonchev–Trinajstić information content (AvgIpc) is 3.11. The molecule has 1 aromatic carbocycles. The summed E-state index contributed by atoms with van der Waals surface area (Å²) < 4.78 is 2.42. The maximum atomic E-state index is 12.4. The van der Waals surface area contributed by atoms with E-state index >= 15 is 0 Å². The molecule has 9 nitrogen and oxygen atoms in total. The summed E-state index contributed by atoms with van der Waals surface area (Å²) >= 11 is 4.53. The standard InChI is InChI=1S/C18H17BrN6O3S/c1-2-9-24-17(12-5-7-20-8-6-12)22-23-18(24)29-11-16(26)21-15-4-3-13(25(27)28)10-14(15)19/h3-8,10H,2,9,11H2,1H3,(H,21,26). The summed E-state index contributed by atoms with van der Waals surface area (Å²) in [7, 11) is 0. The molecule has 2 aromatic heterocycles. The van der Waals surface area contributed by atoms with Gasteiger partial charge in [-0.05, 0) is 40.5 Å². The number of anilines is 1. The van der Waals surface area contributed by atoms with Crippen molar-refractivity contribution in [2.24, 2.45) is 0 Å². The molecule has 29 heavy (non-hydrogen) atoms. The molecule has 0 aliphatic rings. The fourth-order valence-electron chi connectivity index (χ4n) is 2.57. The summed E-state index contributed by atoms with van der Waals surface area (Å²) in [6.07, 6.45) is 4.29. The molecule has 0 saturated carbocycles. The van der Waals surface area contributed by atoms with Crippen LogP contribution in [0.4, 0.5) is 11.4 Å². The van der Waals surface area contributed by atoms with Gasteiger partial charge in [0, 0.05) is 41.1 Å². The lowest BCUT2D eigenvalue weighted by Crippen LogP contribution is -2.15. The Balaban J connectivity index is 1.69. The minimum Gasteiger partial charge on any atom is -0.324 e. The van der Waals surface area contributed by atoms with E-state index in [0.717, 1.165) is 24.4 Å². The second kappa shape index (κ2) is 9.61. The molecule has 0 fully saturated rings. The van der Waals surface area contributed by atoms with Crippen LogP contribution in [0.15, 0.2) is 52.4 Å². The maximum Gasteiger partial charge on any atom is 0.270 e. The number of thioether (sulfide) groups is 1. The van der Waals surface area contributed by atoms with Crippen molar-refractivity contribution in [1.82, 2.24) is 19.7 Å². The van der Waals surface area contributed by atoms with E-state index in [4.69, 9.17) is 0 Å². The third kappa shape index (κ3) is 5.18. The smallest absolute Gasteiger partial charge is 0.270 e. The summed E-state index contributed by atoms with van der Waals surface area (Å²) in [4.78, 5) is 26.7. The molecule has 3 aromatic rings. The normalized spacial score (nSPS) is 10.7. The lowest BCUT2D eigenvalue weighted by Gasteiger charge is -2.09. The van der Waals surface area contributed by atoms with Gasteiger partial charge in [0.05, 0.1) is 16.4 Å². The van der Waals surface area contributed by atoms with E-state index in [0.29, 0.717) is 15.3 Å². The van der Waals surface area contributed by atoms with Crippen LogP contribution < -0.4 is 5.32 Å². The van der Waals surface area contributed by atoms with Crippen LogP contribution >= 0.6 is 27.7 Å². The topological polar surface area (TPSA) is 116 Å². The number of amides is 1. The number of nitro benzene ring substituents is 1. The van der Waals surface area contributed by atoms with Crippen molar-refractivity contribution >= 4 is 45.0 Å². The first-order valence-corrected chi connectivity index (χ1v) is 10.5. The number of aromatic nitrogens is 4. The van der Waals surface area contributed by atoms with Crippen LogP contribution in [0.3, 0.4) is 0 Å². The second-order valence-corrected chi connectivity index (χ2v) is 7.75. The number of halogens is 1. The molecule has 0 unspecified atom stereocenters. The largest absolute Gasteiger partial charge is 0.324 e. The van der Waals surface area contributed by atoms with Crippen molar-refractivity contribution in [2.45, 2.75) is 25.0 Å². The highest BCUT2D eigenvalue weighted by molar-refractivity contribution is 9.10. The summed E-state index contributed by atoms with van der Waals surface area (Å²) in [6, 6.07) is 7.91. The van der Waals surface area contributed by atoms with Gasteiger partial charge in [-0.3, -0.25) is 19.9 Å². The molecule has 11 heteroatoms. The summed E-state index contributed by atoms with van der Waals surface area (Å²) in [6.45, 7) is 2.78. The first-order valence-electron chi connectivity index (χ1n) is 8.69. The molecule has 3 rings (SSSR count). The van der Waals surface area contributed by atoms with E-state index in [2.05, 4.69) is 43.4 Å². The monoisotopic (exact) mass is 476 g/mol. The average molecular weight is 477 g/mol. The Kier molecular flexibility index (Phi) is 6.94. The fourth-order valence-corrected chi connectivity index (χ4v) is 3.80. The Morgan fingerprint density at radius 2 is 2.03 bits per heavy atom. The molecule has 0 atom stereocenters. The molecular formula is C18H17BrN6O3S. The summed E-state index contributed by atoms with van der Waals surface area (Å²) in [5.74, 6) is 0.609. The molecule has 1 N–H and O–H groups in total. The lowest BCUT2D eigenvalue weighted by molar-refractivity contribution is -0.384. The SMILES string of the molecule is CCCn1c(SCC(=O)Nc2ccc([N+](=O)[O-])cc2Br)nnc1-c1ccncc1. The highest BCUT2D eigenvalue weighted by Gasteiger charge is 2.16. The molecule has 0 aliphatic heterocycles. The lowest BCUT2D eigenvalue weighted by atomic mass is 10.2. The van der Waals surface area contributed by atoms with E-state index in [9.17, 15) is 14.9 Å². The fraction of sp³-hybridized carbons (Fsp3) is 0.222. The van der Waals surface area contributed by atoms with Crippen molar-refractivity contribution in [2.75, 3.05) is 11.1 Å². The Bertz CT molecular complexity index is 1030. The number of carbonyl (C=O) groups is 1. The summed E-state index contributed by atoms with van der Waals surface area (Å²) in [5.41, 5.74) is 1.32. The Hall–Kier alpha value is -2.79. The minimum atomic E-state index is -0.493. The third-order valence-electron chi connectivity index (χ3n) is 3.87. The third-order valence-corrected chi connectivity index (χ3v) is 5.50. The van der Waals surface area contributed by atoms with Gasteiger partial charge in [0.1, 0.15) is 0 Å². The van der Waals surface area contributed by atoms with Crippen molar-refractivity contribution < 1.29 is 9.72 Å². The Morgan fingerprint density at radius 3 is 2.69 bits per heavy atom. The van der Waals surface area contributed by atoms with Crippen LogP contribution in [-0.2, 0) is 11.3 Å². The van der Waals surface area contributed by atoms with Gasteiger partial charge in [0.2, 0.25) is 5.91 Å². The van der Waals surface area contributed by atoms with E-state index < -0.39 is 4.92 Å². The Labute approximate surface area is 179 Å². The van der Waals surface area contributed by atoms with Crippen LogP contribution in [0, 0.1) is 10.1 Å². The predicted octanol–water partition coefficient (Wildman–Crippen LogP) is 4.15. The van der Waals surface area contributed by atoms with Gasteiger partial charge in [-0.15, -0.1) is 10.2 Å². The zero-order valence-corrected chi connectivity index (χ0v) is 17.8. The van der Waals surface area contributed by atoms with Crippen molar-refractivity contribution in [1.29, 1.82) is 0 Å². The molecule has 0 aliphatic carbocycles. The van der Waals surface area contributed by atoms with Crippen molar-refractivity contribution in [3.8, 4) is 11.4 Å². The first-order chi connectivity index (χ1) is 14.0. The highest BCUT2D eigenvalue weighted by Crippen LogP contribution is 2.28. The van der Waals surface area contributed by atoms with Gasteiger partial charge in [-0.2, -0.15) is 0 Å². The van der Waals surface area contributed by atoms with E-state index in [-0.39, 0.29) is 17.3 Å². The molecule has 150 valence electrons. The predicted molar refractivity (Wildman–Crippen MR) is 114 cm³/mol. The van der Waals surface area contributed by atoms with Crippen LogP contribution in [0.25, 0.3) is 11.4 Å². The molecule has 0 spiro atoms. The van der Waals surface area contributed by atoms with E-state index in [1.807, 2.05) is 16.7 Å². The number of nitrogens with one attached hydrogen (secondary N) is 1. The van der Waals surface area contributed by atoms with Crippen molar-refractivity contribution in [3.63, 3.8) is 0 Å². The molecular weight excluding hydrogens is 460 g/mol. The van der Waals surface area contributed by atoms with Gasteiger partial charge in [-0.25, -0.2) is 0 Å². The Morgan fingerprint density at radius 1 is 1.28 bits per heavy atom. The van der Waals surface area contributed by atoms with E-state index in [1.165, 1.54) is 30.0 Å². The van der Waals surface area contributed by atoms with Crippen LogP contribution in [0.1, 0.15) is 13.3 Å². The highest BCUT2D eigenvalue weighted by atomic mass is 79.9. The molecule has 2 heterocycles. The number of hydrogen-bond acceptors (Lipinski definition) is 7. The van der Waals surface area contributed by atoms with Crippen molar-refractivity contribution in [3.05, 3.63) is 57.3 Å². The molecule has 0 bridgehead atoms. The second-order valence-electron chi connectivity index (χ2n) is 5.95. The van der Waals surface area contributed by atoms with Crippen LogP contribution in [-0.4, -0.2) is 36.3 Å². The van der Waals surface area contributed by atoms with Gasteiger partial charge < -0.3 is 9.88 Å². The number of benzene rings is 1. The number of rotatable bonds is 8. The molecule has 0 radical (unpaired) electrons. The van der Waals surface area contributed by atoms with Crippen LogP contribution in [0.2, 0.25) is 0 Å². The quantitative estimate of drug-likeness (QED) is 0.294. The zero-order valence-electron chi connectivity index (χ0n) is 15.4. The first kappa shape index (κ1) is 20.9. The number of non-ortho nitro benzene ring substituents is 1.